The van der Waals surface area contributed by atoms with Gasteiger partial charge in [-0.1, -0.05) is 12.1 Å². The van der Waals surface area contributed by atoms with Crippen LogP contribution in [0.3, 0.4) is 0 Å². The summed E-state index contributed by atoms with van der Waals surface area (Å²) in [4.78, 5) is 32.3. The Hall–Kier alpha value is -4.74. The molecule has 4 fully saturated rings. The second-order valence-corrected chi connectivity index (χ2v) is 13.2. The molecular formula is C34H33F3N8O3. The molecule has 4 atom stereocenters. The first kappa shape index (κ1) is 30.6. The quantitative estimate of drug-likeness (QED) is 0.283. The number of phenols is 1. The number of rotatable bonds is 7. The number of nitriles is 1. The normalized spacial score (nSPS) is 25.4. The zero-order chi connectivity index (χ0) is 33.2. The lowest BCUT2D eigenvalue weighted by atomic mass is 9.95. The number of hydrogen-bond acceptors (Lipinski definition) is 10. The Morgan fingerprint density at radius 3 is 2.85 bits per heavy atom. The Morgan fingerprint density at radius 2 is 2.04 bits per heavy atom. The highest BCUT2D eigenvalue weighted by Gasteiger charge is 2.49. The fourth-order valence-electron chi connectivity index (χ4n) is 7.77. The third-order valence-electron chi connectivity index (χ3n) is 10.1. The van der Waals surface area contributed by atoms with E-state index >= 15 is 8.78 Å². The number of piperazine rings is 1. The molecule has 11 nitrogen and oxygen atoms in total. The number of fused-ring (bicyclic) bond motifs is 3. The molecule has 2 aromatic heterocycles. The number of anilines is 1. The average Bonchev–Trinajstić information content (AvgIpc) is 3.78. The molecule has 2 N–H and O–H groups in total. The van der Waals surface area contributed by atoms with Crippen molar-refractivity contribution in [1.29, 1.82) is 5.26 Å². The second-order valence-electron chi connectivity index (χ2n) is 13.2. The molecule has 4 aromatic rings. The molecule has 0 saturated carbocycles. The molecular weight excluding hydrogens is 625 g/mol. The maximum Gasteiger partial charge on any atom is 0.319 e. The third-order valence-corrected chi connectivity index (χ3v) is 10.1. The molecule has 0 unspecified atom stereocenters. The van der Waals surface area contributed by atoms with Crippen molar-refractivity contribution in [2.75, 3.05) is 50.8 Å². The number of benzene rings is 2. The van der Waals surface area contributed by atoms with Crippen LogP contribution < -0.4 is 15.0 Å². The molecule has 8 rings (SSSR count). The molecule has 0 aliphatic carbocycles. The number of phenolic OH excluding ortho intramolecular Hbond substituents is 1. The first-order valence-electron chi connectivity index (χ1n) is 16.2. The van der Waals surface area contributed by atoms with E-state index < -0.39 is 29.4 Å². The number of nitrogens with zero attached hydrogens (tertiary/aromatic N) is 7. The molecule has 4 saturated heterocycles. The number of amides is 1. The Kier molecular flexibility index (Phi) is 7.48. The van der Waals surface area contributed by atoms with E-state index in [-0.39, 0.29) is 70.8 Å². The summed E-state index contributed by atoms with van der Waals surface area (Å²) < 4.78 is 52.6. The summed E-state index contributed by atoms with van der Waals surface area (Å²) >= 11 is 0. The van der Waals surface area contributed by atoms with Gasteiger partial charge in [-0.25, -0.2) is 13.2 Å². The number of hydrogen-bond donors (Lipinski definition) is 2. The van der Waals surface area contributed by atoms with Crippen LogP contribution in [-0.2, 0) is 4.79 Å². The van der Waals surface area contributed by atoms with E-state index in [1.165, 1.54) is 30.5 Å². The van der Waals surface area contributed by atoms with Crippen molar-refractivity contribution < 1.29 is 27.8 Å². The minimum absolute atomic E-state index is 0.0560. The maximum absolute atomic E-state index is 16.7. The number of halogens is 3. The summed E-state index contributed by atoms with van der Waals surface area (Å²) in [6.07, 6.45) is 2.54. The number of carbonyl (C=O) groups excluding carboxylic acids is 1. The summed E-state index contributed by atoms with van der Waals surface area (Å²) in [5, 5.41) is 23.8. The highest BCUT2D eigenvalue weighted by molar-refractivity contribution is 6.00. The summed E-state index contributed by atoms with van der Waals surface area (Å²) in [7, 11) is 0. The van der Waals surface area contributed by atoms with Gasteiger partial charge in [-0.15, -0.1) is 0 Å². The predicted molar refractivity (Wildman–Crippen MR) is 170 cm³/mol. The minimum Gasteiger partial charge on any atom is -0.508 e. The Bertz CT molecular complexity index is 1990. The van der Waals surface area contributed by atoms with E-state index in [1.54, 1.807) is 11.0 Å². The standard InChI is InChI=1S/C34H33F3N8O3/c35-20-13-34(6-2-8-44(34)16-20)18-48-33-41-30-24(31(42-33)43-9-10-45(21(17-43)5-7-38)32(47)26-15-39-26)14-40-29(28(30)37)23-12-22(46)11-19-3-1-4-25(36)27(19)23/h1,3-4,11-12,14,20-21,26,39,46H,2,5-6,8-10,13,15-18H2/t20-,21+,26-,34+/m1/s1. The first-order chi connectivity index (χ1) is 23.2. The zero-order valence-corrected chi connectivity index (χ0v) is 26.0. The number of nitrogens with one attached hydrogen (secondary N) is 1. The van der Waals surface area contributed by atoms with E-state index in [1.807, 2.05) is 4.90 Å². The number of pyridine rings is 1. The Morgan fingerprint density at radius 1 is 1.19 bits per heavy atom. The summed E-state index contributed by atoms with van der Waals surface area (Å²) in [6.45, 7) is 2.75. The lowest BCUT2D eigenvalue weighted by Gasteiger charge is -2.41. The van der Waals surface area contributed by atoms with Gasteiger partial charge in [0.25, 0.3) is 0 Å². The smallest absolute Gasteiger partial charge is 0.319 e. The summed E-state index contributed by atoms with van der Waals surface area (Å²) in [5.74, 6) is -1.38. The van der Waals surface area contributed by atoms with Gasteiger partial charge in [0.05, 0.1) is 35.5 Å². The minimum atomic E-state index is -0.965. The number of aromatic nitrogens is 3. The molecule has 6 heterocycles. The van der Waals surface area contributed by atoms with E-state index in [0.29, 0.717) is 43.8 Å². The van der Waals surface area contributed by atoms with Crippen molar-refractivity contribution in [1.82, 2.24) is 30.1 Å². The molecule has 248 valence electrons. The number of ether oxygens (including phenoxy) is 1. The summed E-state index contributed by atoms with van der Waals surface area (Å²) in [6, 6.07) is 8.42. The van der Waals surface area contributed by atoms with Crippen LogP contribution in [0.4, 0.5) is 19.0 Å². The van der Waals surface area contributed by atoms with Gasteiger partial charge >= 0.3 is 6.01 Å². The van der Waals surface area contributed by atoms with Crippen molar-refractivity contribution in [3.63, 3.8) is 0 Å². The number of carbonyl (C=O) groups is 1. The third kappa shape index (κ3) is 5.21. The monoisotopic (exact) mass is 658 g/mol. The lowest BCUT2D eigenvalue weighted by molar-refractivity contribution is -0.133. The van der Waals surface area contributed by atoms with Crippen LogP contribution in [0.25, 0.3) is 32.9 Å². The largest absolute Gasteiger partial charge is 0.508 e. The molecule has 0 spiro atoms. The topological polar surface area (TPSA) is 141 Å². The van der Waals surface area contributed by atoms with Crippen LogP contribution in [0.1, 0.15) is 25.7 Å². The number of aromatic hydroxyl groups is 1. The van der Waals surface area contributed by atoms with Gasteiger partial charge in [-0.05, 0) is 43.0 Å². The second kappa shape index (κ2) is 11.7. The van der Waals surface area contributed by atoms with Crippen molar-refractivity contribution in [2.24, 2.45) is 0 Å². The molecule has 0 bridgehead atoms. The van der Waals surface area contributed by atoms with Crippen LogP contribution in [0.15, 0.2) is 36.5 Å². The van der Waals surface area contributed by atoms with Crippen LogP contribution in [0.5, 0.6) is 11.8 Å². The molecule has 1 amide bonds. The van der Waals surface area contributed by atoms with E-state index in [0.717, 1.165) is 19.4 Å². The zero-order valence-electron chi connectivity index (χ0n) is 26.0. The molecule has 4 aliphatic heterocycles. The van der Waals surface area contributed by atoms with Gasteiger partial charge in [0, 0.05) is 56.3 Å². The van der Waals surface area contributed by atoms with Gasteiger partial charge in [-0.2, -0.15) is 15.2 Å². The SMILES string of the molecule is N#CC[C@H]1CN(c2nc(OC[C@@]34CCCN3C[C@H](F)C4)nc3c(F)c(-c4cc(O)cc5cccc(F)c45)ncc23)CCN1C(=O)[C@H]1CN1. The van der Waals surface area contributed by atoms with Crippen LogP contribution in [0.2, 0.25) is 0 Å². The predicted octanol–water partition coefficient (Wildman–Crippen LogP) is 3.69. The fourth-order valence-corrected chi connectivity index (χ4v) is 7.77. The lowest BCUT2D eigenvalue weighted by Crippen LogP contribution is -2.56. The van der Waals surface area contributed by atoms with E-state index in [9.17, 15) is 19.6 Å². The van der Waals surface area contributed by atoms with Crippen LogP contribution >= 0.6 is 0 Å². The molecule has 2 aromatic carbocycles. The molecule has 14 heteroatoms. The maximum atomic E-state index is 16.7. The first-order valence-corrected chi connectivity index (χ1v) is 16.2. The molecule has 48 heavy (non-hydrogen) atoms. The molecule has 4 aliphatic rings. The summed E-state index contributed by atoms with van der Waals surface area (Å²) in [5.41, 5.74) is -0.782. The van der Waals surface area contributed by atoms with Gasteiger partial charge in [0.1, 0.15) is 41.4 Å². The van der Waals surface area contributed by atoms with Gasteiger partial charge in [-0.3, -0.25) is 14.7 Å². The van der Waals surface area contributed by atoms with Gasteiger partial charge in [0.15, 0.2) is 5.82 Å². The van der Waals surface area contributed by atoms with Crippen molar-refractivity contribution >= 4 is 33.4 Å². The highest BCUT2D eigenvalue weighted by atomic mass is 19.1. The van der Waals surface area contributed by atoms with Crippen molar-refractivity contribution in [3.8, 4) is 29.1 Å². The molecule has 0 radical (unpaired) electrons. The Labute approximate surface area is 273 Å². The van der Waals surface area contributed by atoms with Crippen LogP contribution in [-0.4, -0.2) is 105 Å². The number of alkyl halides is 1. The average molecular weight is 659 g/mol. The fraction of sp³-hybridized carbons (Fsp3) is 0.441. The Balaban J connectivity index is 1.22. The van der Waals surface area contributed by atoms with Gasteiger partial charge < -0.3 is 25.0 Å². The van der Waals surface area contributed by atoms with E-state index in [4.69, 9.17) is 9.72 Å². The van der Waals surface area contributed by atoms with Crippen LogP contribution in [0, 0.1) is 23.0 Å². The highest BCUT2D eigenvalue weighted by Crippen LogP contribution is 2.41. The van der Waals surface area contributed by atoms with E-state index in [2.05, 4.69) is 26.3 Å². The van der Waals surface area contributed by atoms with Gasteiger partial charge in [0.2, 0.25) is 5.91 Å². The van der Waals surface area contributed by atoms with Crippen molar-refractivity contribution in [2.45, 2.75) is 49.5 Å². The van der Waals surface area contributed by atoms with Crippen molar-refractivity contribution in [3.05, 3.63) is 48.2 Å².